The predicted octanol–water partition coefficient (Wildman–Crippen LogP) is 9.92. The van der Waals surface area contributed by atoms with Crippen LogP contribution in [0, 0.1) is 34.3 Å². The Hall–Kier alpha value is -7.29. The van der Waals surface area contributed by atoms with Gasteiger partial charge in [0.1, 0.15) is 5.02 Å². The molecule has 0 spiro atoms. The van der Waals surface area contributed by atoms with Gasteiger partial charge in [-0.05, 0) is 113 Å². The molecule has 0 saturated heterocycles. The number of rotatable bonds is 20. The van der Waals surface area contributed by atoms with Crippen LogP contribution in [0.2, 0.25) is 5.02 Å². The number of likely N-dealkylation sites (N-methyl/N-ethyl adjacent to an activating group) is 2. The standard InChI is InChI=1S/C32H33N7O5S.C16H23ClN6O2S/c1-6-39(19-18-34-45(5,42)43)24-16-17-26(22(3)20-24)37-38-29-27(30(40)35-25-15-11-10-12-21(25)2)28(33-4)31(36-29)44-32(41)23-13-8-7-9-14-23;1-5-23(9-8-18-26(4,24)25)13-6-7-14(11(2)10-13)20-22-16-15(17)12(3)19-21-16/h7-17,20,34,36H,6,18-19H2,1-3,5H3,(H,35,40);6-7,10,18H,5,8-9H2,1-4H3,(H,19,21). The lowest BCUT2D eigenvalue weighted by Gasteiger charge is -2.23. The van der Waals surface area contributed by atoms with Crippen LogP contribution in [0.25, 0.3) is 4.85 Å². The fourth-order valence-electron chi connectivity index (χ4n) is 6.79. The van der Waals surface area contributed by atoms with E-state index in [0.29, 0.717) is 48.4 Å². The van der Waals surface area contributed by atoms with E-state index in [1.54, 1.807) is 48.5 Å². The summed E-state index contributed by atoms with van der Waals surface area (Å²) in [6.07, 6.45) is 2.27. The van der Waals surface area contributed by atoms with Gasteiger partial charge in [0.05, 0.1) is 47.3 Å². The molecule has 0 atom stereocenters. The normalized spacial score (nSPS) is 11.5. The van der Waals surface area contributed by atoms with Crippen LogP contribution in [-0.4, -0.2) is 95.7 Å². The Morgan fingerprint density at radius 2 is 1.28 bits per heavy atom. The monoisotopic (exact) mass is 1030 g/mol. The van der Waals surface area contributed by atoms with E-state index in [-0.39, 0.29) is 35.1 Å². The second-order valence-corrected chi connectivity index (χ2v) is 20.0. The second kappa shape index (κ2) is 25.0. The van der Waals surface area contributed by atoms with Crippen molar-refractivity contribution in [3.05, 3.63) is 141 Å². The molecule has 5 N–H and O–H groups in total. The number of carbonyl (C=O) groups excluding carboxylic acids is 2. The number of aromatic nitrogens is 3. The molecule has 20 nitrogen and oxygen atoms in total. The SMILES string of the molecule is CCN(CCNS(C)(=O)=O)c1ccc(N=Nc2n[nH]c(C)c2Cl)c(C)c1.[C-]#[N+]c1c(OC(=O)c2ccccc2)[nH]c(N=Nc2ccc(N(CC)CCNS(C)(=O)=O)cc2C)c1C(=O)Nc1ccccc1C. The minimum absolute atomic E-state index is 0.0616. The lowest BCUT2D eigenvalue weighted by molar-refractivity contribution is 0.0729. The van der Waals surface area contributed by atoms with Crippen molar-refractivity contribution in [3.8, 4) is 5.88 Å². The molecular weight excluding hydrogens is 970 g/mol. The molecule has 0 aliphatic rings. The smallest absolute Gasteiger partial charge is 0.343 e. The highest BCUT2D eigenvalue weighted by Gasteiger charge is 2.27. The number of azo groups is 2. The molecule has 6 rings (SSSR count). The number of benzene rings is 4. The minimum Gasteiger partial charge on any atom is -0.416 e. The molecule has 1 amide bonds. The first-order chi connectivity index (χ1) is 33.7. The number of nitrogens with zero attached hydrogens (tertiary/aromatic N) is 8. The molecule has 6 aromatic rings. The Kier molecular flexibility index (Phi) is 19.3. The zero-order valence-electron chi connectivity index (χ0n) is 40.5. The number of amides is 1. The van der Waals surface area contributed by atoms with E-state index in [9.17, 15) is 26.4 Å². The maximum atomic E-state index is 13.6. The Morgan fingerprint density at radius 3 is 1.76 bits per heavy atom. The average Bonchev–Trinajstić information content (AvgIpc) is 3.85. The average molecular weight is 1030 g/mol. The quantitative estimate of drug-likeness (QED) is 0.0275. The summed E-state index contributed by atoms with van der Waals surface area (Å²) in [6.45, 7) is 22.3. The van der Waals surface area contributed by atoms with Gasteiger partial charge >= 0.3 is 5.97 Å². The number of anilines is 3. The molecular formula is C48H56ClN13O7S2. The van der Waals surface area contributed by atoms with Crippen molar-refractivity contribution in [1.82, 2.24) is 24.6 Å². The number of nitrogens with one attached hydrogen (secondary N) is 5. The number of halogens is 1. The molecule has 0 bridgehead atoms. The first kappa shape index (κ1) is 54.6. The summed E-state index contributed by atoms with van der Waals surface area (Å²) >= 11 is 6.08. The van der Waals surface area contributed by atoms with Gasteiger partial charge in [-0.15, -0.1) is 20.5 Å². The van der Waals surface area contributed by atoms with E-state index in [1.165, 1.54) is 0 Å². The van der Waals surface area contributed by atoms with Crippen LogP contribution in [0.5, 0.6) is 5.88 Å². The Labute approximate surface area is 418 Å². The predicted molar refractivity (Wildman–Crippen MR) is 278 cm³/mol. The number of esters is 1. The summed E-state index contributed by atoms with van der Waals surface area (Å²) in [5, 5.41) is 27.0. The second-order valence-electron chi connectivity index (χ2n) is 16.0. The van der Waals surface area contributed by atoms with Crippen molar-refractivity contribution >= 4 is 89.3 Å². The van der Waals surface area contributed by atoms with E-state index in [0.717, 1.165) is 58.5 Å². The van der Waals surface area contributed by atoms with Gasteiger partial charge < -0.3 is 24.8 Å². The molecule has 0 aliphatic carbocycles. The van der Waals surface area contributed by atoms with E-state index in [1.807, 2.05) is 88.9 Å². The van der Waals surface area contributed by atoms with Crippen molar-refractivity contribution in [2.24, 2.45) is 20.5 Å². The number of sulfonamides is 2. The lowest BCUT2D eigenvalue weighted by Crippen LogP contribution is -2.34. The molecule has 374 valence electrons. The van der Waals surface area contributed by atoms with Gasteiger partial charge in [0.15, 0.2) is 5.82 Å². The first-order valence-corrected chi connectivity index (χ1v) is 26.3. The number of aromatic amines is 2. The molecule has 71 heavy (non-hydrogen) atoms. The maximum Gasteiger partial charge on any atom is 0.343 e. The molecule has 0 saturated carbocycles. The number of carbonyl (C=O) groups is 2. The number of aryl methyl sites for hydroxylation is 4. The van der Waals surface area contributed by atoms with Crippen molar-refractivity contribution in [1.29, 1.82) is 0 Å². The number of ether oxygens (including phenoxy) is 1. The summed E-state index contributed by atoms with van der Waals surface area (Å²) < 4.78 is 55.7. The Balaban J connectivity index is 0.000000306. The molecule has 0 radical (unpaired) electrons. The number of para-hydroxylation sites is 1. The van der Waals surface area contributed by atoms with Crippen molar-refractivity contribution in [2.45, 2.75) is 41.5 Å². The summed E-state index contributed by atoms with van der Waals surface area (Å²) in [4.78, 5) is 36.8. The fraction of sp³-hybridized carbons (Fsp3) is 0.292. The van der Waals surface area contributed by atoms with Crippen LogP contribution in [-0.2, 0) is 20.0 Å². The zero-order chi connectivity index (χ0) is 51.9. The number of hydrogen-bond acceptors (Lipinski definition) is 14. The molecule has 0 unspecified atom stereocenters. The van der Waals surface area contributed by atoms with Gasteiger partial charge in [0, 0.05) is 56.3 Å². The van der Waals surface area contributed by atoms with Crippen molar-refractivity contribution < 1.29 is 31.2 Å². The third-order valence-electron chi connectivity index (χ3n) is 10.6. The summed E-state index contributed by atoms with van der Waals surface area (Å²) in [5.74, 6) is -1.27. The minimum atomic E-state index is -3.29. The van der Waals surface area contributed by atoms with Crippen LogP contribution in [0.15, 0.2) is 111 Å². The highest BCUT2D eigenvalue weighted by Crippen LogP contribution is 2.41. The Morgan fingerprint density at radius 1 is 0.746 bits per heavy atom. The molecule has 23 heteroatoms. The summed E-state index contributed by atoms with van der Waals surface area (Å²) in [6, 6.07) is 26.7. The van der Waals surface area contributed by atoms with Gasteiger partial charge in [-0.25, -0.2) is 35.9 Å². The van der Waals surface area contributed by atoms with Crippen LogP contribution in [0.4, 0.5) is 45.8 Å². The van der Waals surface area contributed by atoms with Gasteiger partial charge in [-0.3, -0.25) is 9.89 Å². The van der Waals surface area contributed by atoms with Gasteiger partial charge in [0.2, 0.25) is 37.7 Å². The third kappa shape index (κ3) is 15.9. The van der Waals surface area contributed by atoms with Crippen molar-refractivity contribution in [3.63, 3.8) is 0 Å². The molecule has 4 aromatic carbocycles. The molecule has 2 heterocycles. The maximum absolute atomic E-state index is 13.6. The molecule has 0 aliphatic heterocycles. The Bertz CT molecular complexity index is 3170. The summed E-state index contributed by atoms with van der Waals surface area (Å²) in [7, 11) is -6.48. The first-order valence-electron chi connectivity index (χ1n) is 22.1. The van der Waals surface area contributed by atoms with Gasteiger partial charge in [-0.2, -0.15) is 5.10 Å². The van der Waals surface area contributed by atoms with Crippen LogP contribution < -0.4 is 29.3 Å². The molecule has 0 fully saturated rings. The van der Waals surface area contributed by atoms with E-state index in [4.69, 9.17) is 22.9 Å². The third-order valence-corrected chi connectivity index (χ3v) is 12.5. The van der Waals surface area contributed by atoms with Crippen molar-refractivity contribution in [2.75, 3.05) is 66.9 Å². The highest BCUT2D eigenvalue weighted by atomic mass is 35.5. The van der Waals surface area contributed by atoms with Gasteiger partial charge in [0.25, 0.3) is 5.69 Å². The zero-order valence-corrected chi connectivity index (χ0v) is 42.9. The van der Waals surface area contributed by atoms with Gasteiger partial charge in [-0.1, -0.05) is 48.0 Å². The van der Waals surface area contributed by atoms with E-state index < -0.39 is 31.9 Å². The van der Waals surface area contributed by atoms with E-state index >= 15 is 0 Å². The molecule has 2 aromatic heterocycles. The largest absolute Gasteiger partial charge is 0.416 e. The topological polar surface area (TPSA) is 252 Å². The number of H-pyrrole nitrogens is 2. The van der Waals surface area contributed by atoms with E-state index in [2.05, 4.69) is 60.1 Å². The summed E-state index contributed by atoms with van der Waals surface area (Å²) in [5.41, 5.74) is 6.82. The van der Waals surface area contributed by atoms with Crippen LogP contribution >= 0.6 is 11.6 Å². The highest BCUT2D eigenvalue weighted by molar-refractivity contribution is 7.89. The van der Waals surface area contributed by atoms with Crippen LogP contribution in [0.1, 0.15) is 56.9 Å². The number of hydrogen-bond donors (Lipinski definition) is 5. The fourth-order valence-corrected chi connectivity index (χ4v) is 7.84. The lowest BCUT2D eigenvalue weighted by atomic mass is 10.1. The van der Waals surface area contributed by atoms with Crippen LogP contribution in [0.3, 0.4) is 0 Å².